The summed E-state index contributed by atoms with van der Waals surface area (Å²) in [6.07, 6.45) is 0. The number of hydrogen-bond donors (Lipinski definition) is 1. The molecule has 0 spiro atoms. The molecule has 0 aliphatic rings. The van der Waals surface area contributed by atoms with Crippen LogP contribution in [0.15, 0.2) is 36.4 Å². The van der Waals surface area contributed by atoms with E-state index >= 15 is 0 Å². The van der Waals surface area contributed by atoms with Gasteiger partial charge in [0.15, 0.2) is 0 Å². The highest BCUT2D eigenvalue weighted by atomic mass is 35.5. The molecule has 1 N–H and O–H groups in total. The lowest BCUT2D eigenvalue weighted by Gasteiger charge is -2.23. The number of benzene rings is 2. The molecule has 5 heteroatoms. The lowest BCUT2D eigenvalue weighted by molar-refractivity contribution is -0.120. The Morgan fingerprint density at radius 3 is 2.38 bits per heavy atom. The monoisotopic (exact) mass is 344 g/mol. The third kappa shape index (κ3) is 3.95. The molecule has 0 saturated carbocycles. The predicted octanol–water partition coefficient (Wildman–Crippen LogP) is 4.26. The zero-order chi connectivity index (χ0) is 17.9. The van der Waals surface area contributed by atoms with E-state index in [2.05, 4.69) is 5.32 Å². The number of amides is 2. The van der Waals surface area contributed by atoms with Crippen LogP contribution in [0.3, 0.4) is 0 Å². The Bertz CT molecular complexity index is 787. The third-order valence-corrected chi connectivity index (χ3v) is 4.50. The fourth-order valence-corrected chi connectivity index (χ4v) is 2.64. The van der Waals surface area contributed by atoms with Gasteiger partial charge in [-0.1, -0.05) is 29.8 Å². The van der Waals surface area contributed by atoms with E-state index in [1.165, 1.54) is 11.8 Å². The summed E-state index contributed by atoms with van der Waals surface area (Å²) in [6, 6.07) is 11.0. The van der Waals surface area contributed by atoms with Crippen LogP contribution in [0.5, 0.6) is 0 Å². The number of carbonyl (C=O) groups is 2. The molecule has 0 unspecified atom stereocenters. The van der Waals surface area contributed by atoms with Crippen molar-refractivity contribution in [1.82, 2.24) is 0 Å². The highest BCUT2D eigenvalue weighted by Crippen LogP contribution is 2.25. The smallest absolute Gasteiger partial charge is 0.244 e. The lowest BCUT2D eigenvalue weighted by Crippen LogP contribution is -2.37. The summed E-state index contributed by atoms with van der Waals surface area (Å²) in [5, 5.41) is 3.41. The summed E-state index contributed by atoms with van der Waals surface area (Å²) in [6.45, 7) is 7.17. The van der Waals surface area contributed by atoms with Crippen molar-refractivity contribution in [3.63, 3.8) is 0 Å². The van der Waals surface area contributed by atoms with Crippen molar-refractivity contribution in [2.24, 2.45) is 0 Å². The molecule has 0 saturated heterocycles. The molecular formula is C19H21ClN2O2. The van der Waals surface area contributed by atoms with Crippen molar-refractivity contribution in [3.05, 3.63) is 58.1 Å². The molecule has 24 heavy (non-hydrogen) atoms. The Morgan fingerprint density at radius 1 is 1.04 bits per heavy atom. The molecule has 0 aliphatic heterocycles. The Labute approximate surface area is 147 Å². The first-order chi connectivity index (χ1) is 11.3. The number of rotatable bonds is 4. The number of halogens is 1. The molecule has 126 valence electrons. The molecule has 0 atom stereocenters. The second-order valence-electron chi connectivity index (χ2n) is 5.78. The Hall–Kier alpha value is -2.33. The van der Waals surface area contributed by atoms with Crippen molar-refractivity contribution in [2.75, 3.05) is 16.8 Å². The molecule has 2 aromatic rings. The first-order valence-corrected chi connectivity index (χ1v) is 8.08. The van der Waals surface area contributed by atoms with E-state index in [0.717, 1.165) is 22.4 Å². The van der Waals surface area contributed by atoms with Gasteiger partial charge in [-0.25, -0.2) is 0 Å². The normalized spacial score (nSPS) is 10.4. The van der Waals surface area contributed by atoms with E-state index in [0.29, 0.717) is 10.7 Å². The van der Waals surface area contributed by atoms with E-state index in [1.807, 2.05) is 39.0 Å². The van der Waals surface area contributed by atoms with Gasteiger partial charge in [-0.15, -0.1) is 0 Å². The van der Waals surface area contributed by atoms with Crippen LogP contribution >= 0.6 is 11.6 Å². The molecule has 0 aromatic heterocycles. The lowest BCUT2D eigenvalue weighted by atomic mass is 10.1. The number of aryl methyl sites for hydroxylation is 1. The van der Waals surface area contributed by atoms with E-state index in [4.69, 9.17) is 11.6 Å². The first kappa shape index (κ1) is 18.0. The van der Waals surface area contributed by atoms with Gasteiger partial charge in [-0.3, -0.25) is 9.59 Å². The standard InChI is InChI=1S/C19H21ClN2O2/c1-12-7-5-10-18(13(12)2)22(15(4)23)11-19(24)21-17-9-6-8-16(20)14(17)3/h5-10H,11H2,1-4H3,(H,21,24). The summed E-state index contributed by atoms with van der Waals surface area (Å²) >= 11 is 6.07. The number of hydrogen-bond acceptors (Lipinski definition) is 2. The van der Waals surface area contributed by atoms with E-state index in [9.17, 15) is 9.59 Å². The molecule has 0 bridgehead atoms. The van der Waals surface area contributed by atoms with Crippen molar-refractivity contribution < 1.29 is 9.59 Å². The summed E-state index contributed by atoms with van der Waals surface area (Å²) in [4.78, 5) is 25.9. The zero-order valence-corrected chi connectivity index (χ0v) is 15.1. The molecule has 2 aromatic carbocycles. The van der Waals surface area contributed by atoms with Gasteiger partial charge in [0, 0.05) is 23.3 Å². The molecule has 0 heterocycles. The number of nitrogens with one attached hydrogen (secondary N) is 1. The topological polar surface area (TPSA) is 49.4 Å². The minimum Gasteiger partial charge on any atom is -0.324 e. The van der Waals surface area contributed by atoms with Crippen molar-refractivity contribution in [2.45, 2.75) is 27.7 Å². The molecule has 0 aliphatic carbocycles. The van der Waals surface area contributed by atoms with Gasteiger partial charge in [0.05, 0.1) is 0 Å². The van der Waals surface area contributed by atoms with E-state index in [-0.39, 0.29) is 18.4 Å². The van der Waals surface area contributed by atoms with Gasteiger partial charge in [0.1, 0.15) is 6.54 Å². The fraction of sp³-hybridized carbons (Fsp3) is 0.263. The average Bonchev–Trinajstić information content (AvgIpc) is 2.52. The van der Waals surface area contributed by atoms with Gasteiger partial charge in [-0.05, 0) is 55.7 Å². The van der Waals surface area contributed by atoms with Crippen LogP contribution in [0.25, 0.3) is 0 Å². The predicted molar refractivity (Wildman–Crippen MR) is 98.8 cm³/mol. The average molecular weight is 345 g/mol. The highest BCUT2D eigenvalue weighted by molar-refractivity contribution is 6.31. The summed E-state index contributed by atoms with van der Waals surface area (Å²) < 4.78 is 0. The zero-order valence-electron chi connectivity index (χ0n) is 14.3. The molecular weight excluding hydrogens is 324 g/mol. The minimum atomic E-state index is -0.267. The minimum absolute atomic E-state index is 0.0500. The maximum Gasteiger partial charge on any atom is 0.244 e. The Balaban J connectivity index is 2.22. The highest BCUT2D eigenvalue weighted by Gasteiger charge is 2.18. The Morgan fingerprint density at radius 2 is 1.71 bits per heavy atom. The third-order valence-electron chi connectivity index (χ3n) is 4.09. The van der Waals surface area contributed by atoms with Crippen LogP contribution in [-0.4, -0.2) is 18.4 Å². The van der Waals surface area contributed by atoms with Crippen LogP contribution in [0.4, 0.5) is 11.4 Å². The quantitative estimate of drug-likeness (QED) is 0.901. The van der Waals surface area contributed by atoms with Crippen molar-refractivity contribution >= 4 is 34.8 Å². The van der Waals surface area contributed by atoms with Crippen LogP contribution in [-0.2, 0) is 9.59 Å². The SMILES string of the molecule is CC(=O)N(CC(=O)Nc1cccc(Cl)c1C)c1cccc(C)c1C. The van der Waals surface area contributed by atoms with Gasteiger partial charge < -0.3 is 10.2 Å². The van der Waals surface area contributed by atoms with Gasteiger partial charge >= 0.3 is 0 Å². The molecule has 4 nitrogen and oxygen atoms in total. The maximum absolute atomic E-state index is 12.4. The van der Waals surface area contributed by atoms with Crippen LogP contribution < -0.4 is 10.2 Å². The molecule has 0 fully saturated rings. The number of nitrogens with zero attached hydrogens (tertiary/aromatic N) is 1. The first-order valence-electron chi connectivity index (χ1n) is 7.70. The fourth-order valence-electron chi connectivity index (χ4n) is 2.47. The summed E-state index contributed by atoms with van der Waals surface area (Å²) in [5.74, 6) is -0.446. The van der Waals surface area contributed by atoms with E-state index < -0.39 is 0 Å². The van der Waals surface area contributed by atoms with Gasteiger partial charge in [-0.2, -0.15) is 0 Å². The van der Waals surface area contributed by atoms with E-state index in [1.54, 1.807) is 18.2 Å². The largest absolute Gasteiger partial charge is 0.324 e. The maximum atomic E-state index is 12.4. The van der Waals surface area contributed by atoms with Crippen molar-refractivity contribution in [1.29, 1.82) is 0 Å². The summed E-state index contributed by atoms with van der Waals surface area (Å²) in [5.41, 5.74) is 4.26. The molecule has 2 amide bonds. The number of anilines is 2. The molecule has 0 radical (unpaired) electrons. The van der Waals surface area contributed by atoms with Crippen molar-refractivity contribution in [3.8, 4) is 0 Å². The number of carbonyl (C=O) groups excluding carboxylic acids is 2. The van der Waals surface area contributed by atoms with Crippen LogP contribution in [0, 0.1) is 20.8 Å². The van der Waals surface area contributed by atoms with Crippen LogP contribution in [0.2, 0.25) is 5.02 Å². The van der Waals surface area contributed by atoms with Gasteiger partial charge in [0.25, 0.3) is 0 Å². The van der Waals surface area contributed by atoms with Crippen LogP contribution in [0.1, 0.15) is 23.6 Å². The molecule has 2 rings (SSSR count). The second-order valence-corrected chi connectivity index (χ2v) is 6.19. The Kier molecular flexibility index (Phi) is 5.62. The second kappa shape index (κ2) is 7.49. The summed E-state index contributed by atoms with van der Waals surface area (Å²) in [7, 11) is 0. The van der Waals surface area contributed by atoms with Gasteiger partial charge in [0.2, 0.25) is 11.8 Å².